The third-order valence-corrected chi connectivity index (χ3v) is 1.97. The summed E-state index contributed by atoms with van der Waals surface area (Å²) in [5.41, 5.74) is 1.52. The maximum absolute atomic E-state index is 5.10. The Morgan fingerprint density at radius 3 is 2.75 bits per heavy atom. The summed E-state index contributed by atoms with van der Waals surface area (Å²) in [6, 6.07) is 0. The molecule has 0 saturated carbocycles. The zero-order chi connectivity index (χ0) is 9.19. The molecule has 0 saturated heterocycles. The molecule has 3 heteroatoms. The maximum Gasteiger partial charge on any atom is 0.260 e. The molecule has 0 spiro atoms. The summed E-state index contributed by atoms with van der Waals surface area (Å²) in [5, 5.41) is 3.53. The highest BCUT2D eigenvalue weighted by Gasteiger charge is 2.27. The van der Waals surface area contributed by atoms with E-state index in [1.165, 1.54) is 5.70 Å². The molecule has 0 unspecified atom stereocenters. The van der Waals surface area contributed by atoms with Gasteiger partial charge in [-0.25, -0.2) is 0 Å². The van der Waals surface area contributed by atoms with E-state index in [4.69, 9.17) is 17.0 Å². The van der Waals surface area contributed by atoms with Gasteiger partial charge in [0.25, 0.3) is 5.17 Å². The van der Waals surface area contributed by atoms with Crippen molar-refractivity contribution in [1.82, 2.24) is 5.32 Å². The number of thiocarbonyl (C=S) groups is 1. The van der Waals surface area contributed by atoms with E-state index in [0.717, 1.165) is 6.42 Å². The van der Waals surface area contributed by atoms with E-state index < -0.39 is 0 Å². The molecule has 1 aliphatic carbocycles. The van der Waals surface area contributed by atoms with Crippen LogP contribution in [0.2, 0.25) is 0 Å². The summed E-state index contributed by atoms with van der Waals surface area (Å²) in [6.07, 6.45) is 3.23. The fraction of sp³-hybridized carbons (Fsp3) is 0.667. The highest BCUT2D eigenvalue weighted by molar-refractivity contribution is 7.80. The molecule has 0 fully saturated rings. The van der Waals surface area contributed by atoms with Crippen LogP contribution in [-0.2, 0) is 4.74 Å². The van der Waals surface area contributed by atoms with Gasteiger partial charge in [0.15, 0.2) is 0 Å². The molecule has 1 rings (SSSR count). The summed E-state index contributed by atoms with van der Waals surface area (Å²) < 4.78 is 5.10. The van der Waals surface area contributed by atoms with Crippen molar-refractivity contribution >= 4 is 17.4 Å². The van der Waals surface area contributed by atoms with Gasteiger partial charge in [-0.3, -0.25) is 0 Å². The zero-order valence-corrected chi connectivity index (χ0v) is 8.62. The Balaban J connectivity index is 2.31. The van der Waals surface area contributed by atoms with Crippen LogP contribution in [0.3, 0.4) is 0 Å². The van der Waals surface area contributed by atoms with Gasteiger partial charge >= 0.3 is 0 Å². The second kappa shape index (κ2) is 3.44. The minimum absolute atomic E-state index is 0.337. The molecule has 0 amide bonds. The molecule has 0 atom stereocenters. The highest BCUT2D eigenvalue weighted by Crippen LogP contribution is 2.36. The van der Waals surface area contributed by atoms with Crippen LogP contribution in [0, 0.1) is 5.41 Å². The van der Waals surface area contributed by atoms with Gasteiger partial charge in [0.1, 0.15) is 0 Å². The Bertz CT molecular complexity index is 221. The molecule has 68 valence electrons. The number of rotatable bonds is 2. The molecule has 0 aliphatic heterocycles. The second-order valence-corrected chi connectivity index (χ2v) is 4.05. The largest absolute Gasteiger partial charge is 0.471 e. The Morgan fingerprint density at radius 2 is 2.33 bits per heavy atom. The lowest BCUT2D eigenvalue weighted by atomic mass is 9.78. The van der Waals surface area contributed by atoms with E-state index in [0.29, 0.717) is 17.2 Å². The predicted molar refractivity (Wildman–Crippen MR) is 53.8 cm³/mol. The molecule has 0 radical (unpaired) electrons. The van der Waals surface area contributed by atoms with E-state index in [1.807, 2.05) is 6.92 Å². The quantitative estimate of drug-likeness (QED) is 0.666. The normalized spacial score (nSPS) is 19.1. The van der Waals surface area contributed by atoms with Gasteiger partial charge in [-0.1, -0.05) is 19.9 Å². The lowest BCUT2D eigenvalue weighted by molar-refractivity contribution is 0.317. The average Bonchev–Trinajstić information content (AvgIpc) is 1.83. The minimum atomic E-state index is 0.337. The summed E-state index contributed by atoms with van der Waals surface area (Å²) >= 11 is 4.93. The lowest BCUT2D eigenvalue weighted by Gasteiger charge is -2.33. The monoisotopic (exact) mass is 185 g/mol. The van der Waals surface area contributed by atoms with Crippen molar-refractivity contribution in [3.63, 3.8) is 0 Å². The van der Waals surface area contributed by atoms with E-state index in [2.05, 4.69) is 25.2 Å². The van der Waals surface area contributed by atoms with Gasteiger partial charge in [-0.05, 0) is 31.0 Å². The zero-order valence-electron chi connectivity index (χ0n) is 7.81. The van der Waals surface area contributed by atoms with Gasteiger partial charge in [0.2, 0.25) is 0 Å². The first-order chi connectivity index (χ1) is 5.53. The van der Waals surface area contributed by atoms with Crippen LogP contribution >= 0.6 is 12.2 Å². The van der Waals surface area contributed by atoms with Crippen LogP contribution in [-0.4, -0.2) is 11.8 Å². The summed E-state index contributed by atoms with van der Waals surface area (Å²) in [6.45, 7) is 6.94. The maximum atomic E-state index is 5.10. The fourth-order valence-electron chi connectivity index (χ4n) is 1.31. The highest BCUT2D eigenvalue weighted by atomic mass is 32.1. The van der Waals surface area contributed by atoms with Gasteiger partial charge in [-0.2, -0.15) is 0 Å². The Hall–Kier alpha value is -0.570. The minimum Gasteiger partial charge on any atom is -0.471 e. The average molecular weight is 185 g/mol. The van der Waals surface area contributed by atoms with Crippen molar-refractivity contribution < 1.29 is 4.74 Å². The van der Waals surface area contributed by atoms with Crippen LogP contribution in [0.4, 0.5) is 0 Å². The Labute approximate surface area is 79.0 Å². The van der Waals surface area contributed by atoms with Gasteiger partial charge in [0.05, 0.1) is 6.61 Å². The van der Waals surface area contributed by atoms with Crippen LogP contribution in [0.5, 0.6) is 0 Å². The molecule has 0 heterocycles. The van der Waals surface area contributed by atoms with Crippen LogP contribution in [0.1, 0.15) is 27.2 Å². The molecular weight excluding hydrogens is 170 g/mol. The third-order valence-electron chi connectivity index (χ3n) is 1.75. The molecule has 12 heavy (non-hydrogen) atoms. The first kappa shape index (κ1) is 9.52. The topological polar surface area (TPSA) is 21.3 Å². The van der Waals surface area contributed by atoms with Gasteiger partial charge < -0.3 is 10.1 Å². The molecule has 0 bridgehead atoms. The molecule has 2 nitrogen and oxygen atoms in total. The van der Waals surface area contributed by atoms with E-state index >= 15 is 0 Å². The molecule has 1 N–H and O–H groups in total. The number of allylic oxidation sites excluding steroid dienone is 2. The number of hydrogen-bond donors (Lipinski definition) is 1. The molecular formula is C9H15NOS. The SMILES string of the molecule is CCOC(=S)NC1=CC(C)(C)C1. The van der Waals surface area contributed by atoms with Crippen molar-refractivity contribution in [3.8, 4) is 0 Å². The van der Waals surface area contributed by atoms with E-state index in [1.54, 1.807) is 0 Å². The van der Waals surface area contributed by atoms with Crippen molar-refractivity contribution in [3.05, 3.63) is 11.8 Å². The van der Waals surface area contributed by atoms with Gasteiger partial charge in [0, 0.05) is 5.70 Å². The van der Waals surface area contributed by atoms with Crippen LogP contribution in [0.15, 0.2) is 11.8 Å². The van der Waals surface area contributed by atoms with Gasteiger partial charge in [-0.15, -0.1) is 0 Å². The summed E-state index contributed by atoms with van der Waals surface area (Å²) in [4.78, 5) is 0. The van der Waals surface area contributed by atoms with Crippen molar-refractivity contribution in [2.75, 3.05) is 6.61 Å². The standard InChI is InChI=1S/C9H15NOS/c1-4-11-8(12)10-7-5-9(2,3)6-7/h5H,4,6H2,1-3H3,(H,10,12). The Morgan fingerprint density at radius 1 is 1.75 bits per heavy atom. The molecule has 0 aromatic heterocycles. The van der Waals surface area contributed by atoms with E-state index in [-0.39, 0.29) is 0 Å². The number of nitrogens with one attached hydrogen (secondary N) is 1. The van der Waals surface area contributed by atoms with E-state index in [9.17, 15) is 0 Å². The summed E-state index contributed by atoms with van der Waals surface area (Å²) in [7, 11) is 0. The van der Waals surface area contributed by atoms with Crippen LogP contribution in [0.25, 0.3) is 0 Å². The van der Waals surface area contributed by atoms with Crippen molar-refractivity contribution in [2.45, 2.75) is 27.2 Å². The van der Waals surface area contributed by atoms with Crippen molar-refractivity contribution in [1.29, 1.82) is 0 Å². The fourth-order valence-corrected chi connectivity index (χ4v) is 1.56. The summed E-state index contributed by atoms with van der Waals surface area (Å²) in [5.74, 6) is 0. The Kier molecular flexibility index (Phi) is 2.73. The van der Waals surface area contributed by atoms with Crippen LogP contribution < -0.4 is 5.32 Å². The van der Waals surface area contributed by atoms with Crippen molar-refractivity contribution in [2.24, 2.45) is 5.41 Å². The molecule has 1 aliphatic rings. The smallest absolute Gasteiger partial charge is 0.260 e. The predicted octanol–water partition coefficient (Wildman–Crippen LogP) is 2.21. The molecule has 0 aromatic carbocycles. The third kappa shape index (κ3) is 2.48. The lowest BCUT2D eigenvalue weighted by Crippen LogP contribution is -2.32. The first-order valence-electron chi connectivity index (χ1n) is 4.19. The number of hydrogen-bond acceptors (Lipinski definition) is 2. The second-order valence-electron chi connectivity index (χ2n) is 3.68. The number of ether oxygens (including phenoxy) is 1. The first-order valence-corrected chi connectivity index (χ1v) is 4.60. The molecule has 0 aromatic rings.